The first-order chi connectivity index (χ1) is 13.6. The molecule has 1 aromatic carbocycles. The molecule has 8 heteroatoms. The van der Waals surface area contributed by atoms with Gasteiger partial charge in [0.25, 0.3) is 5.91 Å². The third-order valence-corrected chi connectivity index (χ3v) is 7.02. The molecule has 0 fully saturated rings. The standard InChI is InChI=1S/C20H19ClN2O3S2/c21-15-6-2-4-8-17(15)27-10-9-19(25)26-12-18(24)23-20-14(11-22)13-5-1-3-7-16(13)28-20/h2,4,6,8H,1,3,5,7,9-10,12H2,(H,23,24). The lowest BCUT2D eigenvalue weighted by atomic mass is 9.96. The van der Waals surface area contributed by atoms with E-state index in [0.29, 0.717) is 21.3 Å². The number of carbonyl (C=O) groups is 2. The van der Waals surface area contributed by atoms with E-state index in [1.165, 1.54) is 28.0 Å². The molecule has 1 N–H and O–H groups in total. The first-order valence-electron chi connectivity index (χ1n) is 8.96. The molecule has 2 aromatic rings. The van der Waals surface area contributed by atoms with E-state index in [1.54, 1.807) is 6.07 Å². The minimum absolute atomic E-state index is 0.180. The molecule has 1 aliphatic carbocycles. The Morgan fingerprint density at radius 1 is 1.29 bits per heavy atom. The zero-order valence-corrected chi connectivity index (χ0v) is 17.5. The molecule has 0 atom stereocenters. The van der Waals surface area contributed by atoms with E-state index in [2.05, 4.69) is 11.4 Å². The van der Waals surface area contributed by atoms with Crippen molar-refractivity contribution in [2.75, 3.05) is 17.7 Å². The number of thioether (sulfide) groups is 1. The average molecular weight is 435 g/mol. The fourth-order valence-corrected chi connectivity index (χ4v) is 5.38. The summed E-state index contributed by atoms with van der Waals surface area (Å²) >= 11 is 8.99. The van der Waals surface area contributed by atoms with Crippen LogP contribution >= 0.6 is 34.7 Å². The molecule has 1 aromatic heterocycles. The van der Waals surface area contributed by atoms with Crippen LogP contribution in [0, 0.1) is 11.3 Å². The van der Waals surface area contributed by atoms with Gasteiger partial charge in [-0.15, -0.1) is 23.1 Å². The monoisotopic (exact) mass is 434 g/mol. The second-order valence-electron chi connectivity index (χ2n) is 6.26. The van der Waals surface area contributed by atoms with Gasteiger partial charge in [-0.1, -0.05) is 23.7 Å². The summed E-state index contributed by atoms with van der Waals surface area (Å²) in [5, 5.41) is 13.3. The van der Waals surface area contributed by atoms with Gasteiger partial charge in [-0.25, -0.2) is 0 Å². The van der Waals surface area contributed by atoms with Crippen molar-refractivity contribution in [1.82, 2.24) is 0 Å². The highest BCUT2D eigenvalue weighted by molar-refractivity contribution is 7.99. The molecular weight excluding hydrogens is 416 g/mol. The first kappa shape index (κ1) is 20.7. The predicted octanol–water partition coefficient (Wildman–Crippen LogP) is 4.82. The van der Waals surface area contributed by atoms with Crippen molar-refractivity contribution in [3.63, 3.8) is 0 Å². The highest BCUT2D eigenvalue weighted by Gasteiger charge is 2.22. The van der Waals surface area contributed by atoms with Gasteiger partial charge < -0.3 is 10.1 Å². The number of benzene rings is 1. The van der Waals surface area contributed by atoms with E-state index in [9.17, 15) is 14.9 Å². The number of hydrogen-bond donors (Lipinski definition) is 1. The summed E-state index contributed by atoms with van der Waals surface area (Å²) in [6, 6.07) is 9.61. The molecule has 0 saturated carbocycles. The quantitative estimate of drug-likeness (QED) is 0.499. The summed E-state index contributed by atoms with van der Waals surface area (Å²) in [6.07, 6.45) is 4.18. The molecule has 0 bridgehead atoms. The van der Waals surface area contributed by atoms with Crippen LogP contribution in [0.25, 0.3) is 0 Å². The largest absolute Gasteiger partial charge is 0.456 e. The zero-order chi connectivity index (χ0) is 19.9. The average Bonchev–Trinajstić information content (AvgIpc) is 3.04. The Labute approximate surface area is 177 Å². The number of fused-ring (bicyclic) bond motifs is 1. The normalized spacial score (nSPS) is 12.7. The van der Waals surface area contributed by atoms with Crippen molar-refractivity contribution >= 4 is 51.6 Å². The van der Waals surface area contributed by atoms with Crippen molar-refractivity contribution in [3.8, 4) is 6.07 Å². The Morgan fingerprint density at radius 3 is 2.86 bits per heavy atom. The maximum absolute atomic E-state index is 12.1. The number of halogens is 1. The number of rotatable bonds is 7. The van der Waals surface area contributed by atoms with E-state index in [0.717, 1.165) is 36.1 Å². The van der Waals surface area contributed by atoms with Gasteiger partial charge in [0.05, 0.1) is 17.0 Å². The lowest BCUT2D eigenvalue weighted by molar-refractivity contribution is -0.146. The summed E-state index contributed by atoms with van der Waals surface area (Å²) < 4.78 is 5.04. The third-order valence-electron chi connectivity index (χ3n) is 4.30. The summed E-state index contributed by atoms with van der Waals surface area (Å²) in [5.74, 6) is -0.358. The minimum atomic E-state index is -0.444. The van der Waals surface area contributed by atoms with Gasteiger partial charge in [0.15, 0.2) is 6.61 Å². The molecule has 3 rings (SSSR count). The Morgan fingerprint density at radius 2 is 2.07 bits per heavy atom. The summed E-state index contributed by atoms with van der Waals surface area (Å²) in [4.78, 5) is 26.1. The van der Waals surface area contributed by atoms with Crippen LogP contribution in [0.4, 0.5) is 5.00 Å². The SMILES string of the molecule is N#Cc1c(NC(=O)COC(=O)CCSc2ccccc2Cl)sc2c1CCCC2. The van der Waals surface area contributed by atoms with E-state index in [-0.39, 0.29) is 13.0 Å². The van der Waals surface area contributed by atoms with E-state index in [4.69, 9.17) is 16.3 Å². The number of nitrogens with one attached hydrogen (secondary N) is 1. The van der Waals surface area contributed by atoms with E-state index < -0.39 is 11.9 Å². The van der Waals surface area contributed by atoms with Crippen LogP contribution in [-0.4, -0.2) is 24.2 Å². The Kier molecular flexibility index (Phi) is 7.37. The number of anilines is 1. The molecule has 0 aliphatic heterocycles. The zero-order valence-electron chi connectivity index (χ0n) is 15.1. The smallest absolute Gasteiger partial charge is 0.307 e. The third kappa shape index (κ3) is 5.28. The number of hydrogen-bond acceptors (Lipinski definition) is 6. The number of amides is 1. The van der Waals surface area contributed by atoms with Crippen molar-refractivity contribution < 1.29 is 14.3 Å². The first-order valence-corrected chi connectivity index (χ1v) is 11.1. The number of thiophene rings is 1. The highest BCUT2D eigenvalue weighted by Crippen LogP contribution is 2.37. The number of nitriles is 1. The second-order valence-corrected chi connectivity index (χ2v) is 8.91. The van der Waals surface area contributed by atoms with Gasteiger partial charge in [-0.2, -0.15) is 5.26 Å². The summed E-state index contributed by atoms with van der Waals surface area (Å²) in [6.45, 7) is -0.358. The summed E-state index contributed by atoms with van der Waals surface area (Å²) in [7, 11) is 0. The van der Waals surface area contributed by atoms with Gasteiger partial charge in [0.1, 0.15) is 11.1 Å². The molecule has 0 unspecified atom stereocenters. The number of carbonyl (C=O) groups excluding carboxylic acids is 2. The van der Waals surface area contributed by atoms with Crippen LogP contribution < -0.4 is 5.32 Å². The molecule has 146 valence electrons. The van der Waals surface area contributed by atoms with Crippen LogP contribution in [0.1, 0.15) is 35.3 Å². The van der Waals surface area contributed by atoms with Crippen molar-refractivity contribution in [1.29, 1.82) is 5.26 Å². The van der Waals surface area contributed by atoms with Gasteiger partial charge >= 0.3 is 5.97 Å². The molecule has 1 amide bonds. The fraction of sp³-hybridized carbons (Fsp3) is 0.350. The van der Waals surface area contributed by atoms with Crippen LogP contribution in [0.15, 0.2) is 29.2 Å². The predicted molar refractivity (Wildman–Crippen MR) is 112 cm³/mol. The lowest BCUT2D eigenvalue weighted by Gasteiger charge is -2.09. The fourth-order valence-electron chi connectivity index (χ4n) is 2.96. The molecule has 28 heavy (non-hydrogen) atoms. The van der Waals surface area contributed by atoms with Gasteiger partial charge in [0, 0.05) is 15.5 Å². The van der Waals surface area contributed by atoms with Crippen LogP contribution in [-0.2, 0) is 27.2 Å². The highest BCUT2D eigenvalue weighted by atomic mass is 35.5. The molecule has 5 nitrogen and oxygen atoms in total. The summed E-state index contributed by atoms with van der Waals surface area (Å²) in [5.41, 5.74) is 1.61. The number of nitrogens with zero attached hydrogens (tertiary/aromatic N) is 1. The van der Waals surface area contributed by atoms with Gasteiger partial charge in [-0.05, 0) is 43.4 Å². The van der Waals surface area contributed by atoms with Crippen LogP contribution in [0.3, 0.4) is 0 Å². The van der Waals surface area contributed by atoms with Crippen LogP contribution in [0.5, 0.6) is 0 Å². The number of ether oxygens (including phenoxy) is 1. The molecule has 0 spiro atoms. The van der Waals surface area contributed by atoms with Crippen molar-refractivity contribution in [2.45, 2.75) is 37.0 Å². The van der Waals surface area contributed by atoms with Crippen molar-refractivity contribution in [3.05, 3.63) is 45.3 Å². The Bertz CT molecular complexity index is 921. The lowest BCUT2D eigenvalue weighted by Crippen LogP contribution is -2.21. The van der Waals surface area contributed by atoms with Gasteiger partial charge in [0.2, 0.25) is 0 Å². The number of aryl methyl sites for hydroxylation is 1. The van der Waals surface area contributed by atoms with Gasteiger partial charge in [-0.3, -0.25) is 9.59 Å². The maximum atomic E-state index is 12.1. The second kappa shape index (κ2) is 9.97. The topological polar surface area (TPSA) is 79.2 Å². The van der Waals surface area contributed by atoms with E-state index in [1.807, 2.05) is 18.2 Å². The van der Waals surface area contributed by atoms with E-state index >= 15 is 0 Å². The number of esters is 1. The minimum Gasteiger partial charge on any atom is -0.456 e. The van der Waals surface area contributed by atoms with Crippen molar-refractivity contribution in [2.24, 2.45) is 0 Å². The molecule has 0 saturated heterocycles. The Balaban J connectivity index is 1.44. The van der Waals surface area contributed by atoms with Crippen LogP contribution in [0.2, 0.25) is 5.02 Å². The Hall–Kier alpha value is -2.01. The molecular formula is C20H19ClN2O3S2. The molecule has 1 aliphatic rings. The molecule has 1 heterocycles. The maximum Gasteiger partial charge on any atom is 0.307 e. The molecule has 0 radical (unpaired) electrons.